The zero-order valence-corrected chi connectivity index (χ0v) is 15.9. The van der Waals surface area contributed by atoms with Gasteiger partial charge in [0.1, 0.15) is 6.04 Å². The first-order chi connectivity index (χ1) is 12.3. The molecule has 1 aliphatic heterocycles. The summed E-state index contributed by atoms with van der Waals surface area (Å²) >= 11 is 0. The first-order valence-corrected chi connectivity index (χ1v) is 9.13. The minimum Gasteiger partial charge on any atom is -0.324 e. The van der Waals surface area contributed by atoms with Crippen molar-refractivity contribution in [2.75, 3.05) is 5.32 Å². The molecule has 0 radical (unpaired) electrons. The second-order valence-electron chi connectivity index (χ2n) is 7.60. The highest BCUT2D eigenvalue weighted by Gasteiger charge is 2.36. The van der Waals surface area contributed by atoms with Gasteiger partial charge in [-0.15, -0.1) is 0 Å². The van der Waals surface area contributed by atoms with E-state index in [-0.39, 0.29) is 11.8 Å². The zero-order chi connectivity index (χ0) is 18.8. The average Bonchev–Trinajstić information content (AvgIpc) is 2.88. The van der Waals surface area contributed by atoms with Gasteiger partial charge in [0, 0.05) is 17.8 Å². The van der Waals surface area contributed by atoms with Crippen molar-refractivity contribution < 1.29 is 9.59 Å². The number of carbonyl (C=O) groups is 2. The Kier molecular flexibility index (Phi) is 5.12. The van der Waals surface area contributed by atoms with Crippen LogP contribution < -0.4 is 5.32 Å². The molecule has 1 heterocycles. The molecule has 1 atom stereocenters. The quantitative estimate of drug-likeness (QED) is 0.873. The highest BCUT2D eigenvalue weighted by Crippen LogP contribution is 2.27. The second kappa shape index (κ2) is 7.32. The third-order valence-electron chi connectivity index (χ3n) is 4.71. The standard InChI is InChI=1S/C22H26N2O2/c1-14(2)9-20(21(25)23-18-11-15(3)10-16(4)12-18)24-13-17-7-5-6-8-19(17)22(24)26/h5-8,10-12,14,20H,9,13H2,1-4H3,(H,23,25)/t20-/m1/s1. The molecule has 0 aromatic heterocycles. The van der Waals surface area contributed by atoms with Gasteiger partial charge in [0.05, 0.1) is 0 Å². The Hall–Kier alpha value is -2.62. The molecule has 0 spiro atoms. The van der Waals surface area contributed by atoms with E-state index < -0.39 is 6.04 Å². The van der Waals surface area contributed by atoms with Crippen LogP contribution in [0, 0.1) is 19.8 Å². The normalized spacial score (nSPS) is 14.5. The van der Waals surface area contributed by atoms with Crippen molar-refractivity contribution in [1.82, 2.24) is 4.90 Å². The van der Waals surface area contributed by atoms with E-state index in [9.17, 15) is 9.59 Å². The number of anilines is 1. The lowest BCUT2D eigenvalue weighted by Gasteiger charge is -2.28. The number of nitrogens with one attached hydrogen (secondary N) is 1. The predicted octanol–water partition coefficient (Wildman–Crippen LogP) is 4.31. The lowest BCUT2D eigenvalue weighted by Crippen LogP contribution is -2.45. The number of rotatable bonds is 5. The van der Waals surface area contributed by atoms with Crippen LogP contribution in [0.1, 0.15) is 47.3 Å². The number of aryl methyl sites for hydroxylation is 2. The van der Waals surface area contributed by atoms with Gasteiger partial charge >= 0.3 is 0 Å². The van der Waals surface area contributed by atoms with Crippen LogP contribution >= 0.6 is 0 Å². The molecule has 4 nitrogen and oxygen atoms in total. The summed E-state index contributed by atoms with van der Waals surface area (Å²) in [4.78, 5) is 27.6. The molecule has 0 saturated carbocycles. The lowest BCUT2D eigenvalue weighted by molar-refractivity contribution is -0.121. The van der Waals surface area contributed by atoms with Crippen molar-refractivity contribution in [2.24, 2.45) is 5.92 Å². The second-order valence-corrected chi connectivity index (χ2v) is 7.60. The van der Waals surface area contributed by atoms with Crippen LogP contribution in [0.25, 0.3) is 0 Å². The number of nitrogens with zero attached hydrogens (tertiary/aromatic N) is 1. The van der Waals surface area contributed by atoms with Gasteiger partial charge in [-0.1, -0.05) is 38.1 Å². The van der Waals surface area contributed by atoms with Gasteiger partial charge in [0.15, 0.2) is 0 Å². The fourth-order valence-electron chi connectivity index (χ4n) is 3.62. The topological polar surface area (TPSA) is 49.4 Å². The van der Waals surface area contributed by atoms with Crippen molar-refractivity contribution in [3.63, 3.8) is 0 Å². The molecule has 3 rings (SSSR count). The monoisotopic (exact) mass is 350 g/mol. The largest absolute Gasteiger partial charge is 0.324 e. The Morgan fingerprint density at radius 2 is 1.77 bits per heavy atom. The van der Waals surface area contributed by atoms with Crippen molar-refractivity contribution >= 4 is 17.5 Å². The molecule has 2 amide bonds. The van der Waals surface area contributed by atoms with Crippen LogP contribution in [-0.4, -0.2) is 22.8 Å². The van der Waals surface area contributed by atoms with Crippen LogP contribution in [0.4, 0.5) is 5.69 Å². The molecule has 0 aliphatic carbocycles. The Labute approximate surface area is 155 Å². The Morgan fingerprint density at radius 1 is 1.12 bits per heavy atom. The molecular weight excluding hydrogens is 324 g/mol. The number of hydrogen-bond acceptors (Lipinski definition) is 2. The van der Waals surface area contributed by atoms with Crippen LogP contribution in [0.3, 0.4) is 0 Å². The van der Waals surface area contributed by atoms with E-state index in [4.69, 9.17) is 0 Å². The van der Waals surface area contributed by atoms with E-state index in [1.54, 1.807) is 4.90 Å². The Balaban J connectivity index is 1.84. The highest BCUT2D eigenvalue weighted by molar-refractivity contribution is 6.03. The third-order valence-corrected chi connectivity index (χ3v) is 4.71. The first kappa shape index (κ1) is 18.2. The van der Waals surface area contributed by atoms with E-state index in [1.165, 1.54) is 0 Å². The number of carbonyl (C=O) groups excluding carboxylic acids is 2. The molecule has 1 N–H and O–H groups in total. The smallest absolute Gasteiger partial charge is 0.255 e. The van der Waals surface area contributed by atoms with Crippen LogP contribution in [0.15, 0.2) is 42.5 Å². The molecule has 4 heteroatoms. The summed E-state index contributed by atoms with van der Waals surface area (Å²) in [6.45, 7) is 8.66. The minimum atomic E-state index is -0.476. The highest BCUT2D eigenvalue weighted by atomic mass is 16.2. The van der Waals surface area contributed by atoms with Crippen molar-refractivity contribution in [2.45, 2.75) is 46.7 Å². The van der Waals surface area contributed by atoms with Crippen LogP contribution in [-0.2, 0) is 11.3 Å². The number of amides is 2. The summed E-state index contributed by atoms with van der Waals surface area (Å²) in [7, 11) is 0. The van der Waals surface area contributed by atoms with Gasteiger partial charge in [0.25, 0.3) is 5.91 Å². The maximum atomic E-state index is 13.0. The lowest BCUT2D eigenvalue weighted by atomic mass is 10.0. The summed E-state index contributed by atoms with van der Waals surface area (Å²) in [5.74, 6) is 0.133. The minimum absolute atomic E-state index is 0.0539. The van der Waals surface area contributed by atoms with Gasteiger partial charge < -0.3 is 10.2 Å². The van der Waals surface area contributed by atoms with Gasteiger partial charge in [-0.25, -0.2) is 0 Å². The van der Waals surface area contributed by atoms with Gasteiger partial charge in [0.2, 0.25) is 5.91 Å². The SMILES string of the molecule is Cc1cc(C)cc(NC(=O)[C@@H](CC(C)C)N2Cc3ccccc3C2=O)c1. The third kappa shape index (κ3) is 3.79. The zero-order valence-electron chi connectivity index (χ0n) is 15.9. The maximum Gasteiger partial charge on any atom is 0.255 e. The average molecular weight is 350 g/mol. The summed E-state index contributed by atoms with van der Waals surface area (Å²) in [6.07, 6.45) is 0.635. The number of hydrogen-bond donors (Lipinski definition) is 1. The summed E-state index contributed by atoms with van der Waals surface area (Å²) in [5.41, 5.74) is 4.69. The summed E-state index contributed by atoms with van der Waals surface area (Å²) in [5, 5.41) is 3.02. The summed E-state index contributed by atoms with van der Waals surface area (Å²) in [6, 6.07) is 13.1. The van der Waals surface area contributed by atoms with Crippen molar-refractivity contribution in [3.05, 3.63) is 64.7 Å². The Morgan fingerprint density at radius 3 is 2.38 bits per heavy atom. The number of benzene rings is 2. The molecule has 0 fully saturated rings. The summed E-state index contributed by atoms with van der Waals surface area (Å²) < 4.78 is 0. The molecule has 0 unspecified atom stereocenters. The molecule has 0 saturated heterocycles. The molecule has 2 aromatic rings. The molecule has 2 aromatic carbocycles. The fraction of sp³-hybridized carbons (Fsp3) is 0.364. The van der Waals surface area contributed by atoms with Gasteiger partial charge in [-0.2, -0.15) is 0 Å². The number of fused-ring (bicyclic) bond motifs is 1. The van der Waals surface area contributed by atoms with E-state index in [0.29, 0.717) is 24.4 Å². The van der Waals surface area contributed by atoms with Gasteiger partial charge in [-0.3, -0.25) is 9.59 Å². The van der Waals surface area contributed by atoms with E-state index in [0.717, 1.165) is 22.4 Å². The van der Waals surface area contributed by atoms with Crippen LogP contribution in [0.2, 0.25) is 0 Å². The Bertz CT molecular complexity index is 822. The van der Waals surface area contributed by atoms with E-state index in [1.807, 2.05) is 50.2 Å². The molecule has 26 heavy (non-hydrogen) atoms. The van der Waals surface area contributed by atoms with Crippen molar-refractivity contribution in [3.8, 4) is 0 Å². The van der Waals surface area contributed by atoms with Crippen molar-refractivity contribution in [1.29, 1.82) is 0 Å². The van der Waals surface area contributed by atoms with E-state index >= 15 is 0 Å². The predicted molar refractivity (Wildman–Crippen MR) is 104 cm³/mol. The van der Waals surface area contributed by atoms with E-state index in [2.05, 4.69) is 25.2 Å². The van der Waals surface area contributed by atoms with Crippen LogP contribution in [0.5, 0.6) is 0 Å². The van der Waals surface area contributed by atoms with Gasteiger partial charge in [-0.05, 0) is 61.1 Å². The fourth-order valence-corrected chi connectivity index (χ4v) is 3.62. The molecular formula is C22H26N2O2. The molecule has 0 bridgehead atoms. The first-order valence-electron chi connectivity index (χ1n) is 9.13. The maximum absolute atomic E-state index is 13.0. The molecule has 136 valence electrons. The molecule has 1 aliphatic rings.